The molecular formula is C14H21F2N3. The van der Waals surface area contributed by atoms with E-state index in [1.165, 1.54) is 0 Å². The van der Waals surface area contributed by atoms with Crippen LogP contribution in [0.3, 0.4) is 0 Å². The number of halogens is 2. The molecule has 1 aromatic heterocycles. The monoisotopic (exact) mass is 269 g/mol. The molecule has 3 N–H and O–H groups in total. The molecule has 0 aromatic carbocycles. The molecule has 1 aliphatic carbocycles. The van der Waals surface area contributed by atoms with E-state index >= 15 is 0 Å². The van der Waals surface area contributed by atoms with Gasteiger partial charge in [0.15, 0.2) is 0 Å². The maximum Gasteiger partial charge on any atom is 0.248 e. The summed E-state index contributed by atoms with van der Waals surface area (Å²) < 4.78 is 26.8. The van der Waals surface area contributed by atoms with Gasteiger partial charge in [-0.2, -0.15) is 0 Å². The lowest BCUT2D eigenvalue weighted by Crippen LogP contribution is -2.33. The molecule has 1 fully saturated rings. The molecule has 0 radical (unpaired) electrons. The van der Waals surface area contributed by atoms with E-state index in [1.54, 1.807) is 6.20 Å². The third kappa shape index (κ3) is 3.94. The first-order valence-corrected chi connectivity index (χ1v) is 6.77. The molecule has 3 nitrogen and oxygen atoms in total. The number of hydrogen-bond acceptors (Lipinski definition) is 3. The molecule has 1 aromatic rings. The van der Waals surface area contributed by atoms with E-state index in [2.05, 4.69) is 10.4 Å². The van der Waals surface area contributed by atoms with Crippen LogP contribution in [0, 0.1) is 12.8 Å². The Kier molecular flexibility index (Phi) is 4.47. The van der Waals surface area contributed by atoms with Crippen LogP contribution < -0.4 is 11.3 Å². The van der Waals surface area contributed by atoms with Crippen molar-refractivity contribution in [2.45, 2.75) is 51.0 Å². The topological polar surface area (TPSA) is 50.9 Å². The van der Waals surface area contributed by atoms with Crippen LogP contribution >= 0.6 is 0 Å². The molecule has 0 spiro atoms. The van der Waals surface area contributed by atoms with Gasteiger partial charge in [-0.05, 0) is 49.8 Å². The van der Waals surface area contributed by atoms with Gasteiger partial charge in [-0.15, -0.1) is 0 Å². The molecule has 2 rings (SSSR count). The second-order valence-electron chi connectivity index (χ2n) is 5.50. The van der Waals surface area contributed by atoms with E-state index in [4.69, 9.17) is 5.84 Å². The standard InChI is InChI=1S/C14H21F2N3/c1-10-7-12(4-6-18-10)13(19-17)8-11-3-2-5-14(15,16)9-11/h4,6-7,11,13,19H,2-3,5,8-9,17H2,1H3. The van der Waals surface area contributed by atoms with E-state index in [1.807, 2.05) is 19.1 Å². The lowest BCUT2D eigenvalue weighted by atomic mass is 9.81. The minimum Gasteiger partial charge on any atom is -0.271 e. The summed E-state index contributed by atoms with van der Waals surface area (Å²) >= 11 is 0. The van der Waals surface area contributed by atoms with Gasteiger partial charge in [-0.3, -0.25) is 16.3 Å². The lowest BCUT2D eigenvalue weighted by Gasteiger charge is -2.31. The number of nitrogens with one attached hydrogen (secondary N) is 1. The van der Waals surface area contributed by atoms with Crippen molar-refractivity contribution in [3.05, 3.63) is 29.6 Å². The number of nitrogens with two attached hydrogens (primary N) is 1. The summed E-state index contributed by atoms with van der Waals surface area (Å²) in [6.45, 7) is 1.91. The normalized spacial score (nSPS) is 24.1. The van der Waals surface area contributed by atoms with E-state index in [0.717, 1.165) is 17.7 Å². The van der Waals surface area contributed by atoms with Crippen molar-refractivity contribution in [1.82, 2.24) is 10.4 Å². The Morgan fingerprint density at radius 3 is 3.00 bits per heavy atom. The summed E-state index contributed by atoms with van der Waals surface area (Å²) in [6, 6.07) is 3.75. The van der Waals surface area contributed by atoms with Gasteiger partial charge >= 0.3 is 0 Å². The van der Waals surface area contributed by atoms with E-state index in [9.17, 15) is 8.78 Å². The van der Waals surface area contributed by atoms with Crippen LogP contribution in [0.25, 0.3) is 0 Å². The molecule has 1 saturated carbocycles. The fourth-order valence-electron chi connectivity index (χ4n) is 2.89. The maximum atomic E-state index is 13.4. The summed E-state index contributed by atoms with van der Waals surface area (Å²) in [4.78, 5) is 4.14. The molecule has 0 saturated heterocycles. The van der Waals surface area contributed by atoms with Crippen LogP contribution in [0.1, 0.15) is 49.4 Å². The van der Waals surface area contributed by atoms with Crippen LogP contribution in [0.2, 0.25) is 0 Å². The van der Waals surface area contributed by atoms with E-state index in [0.29, 0.717) is 12.8 Å². The third-order valence-electron chi connectivity index (χ3n) is 3.84. The van der Waals surface area contributed by atoms with Crippen LogP contribution in [-0.4, -0.2) is 10.9 Å². The van der Waals surface area contributed by atoms with Crippen LogP contribution in [-0.2, 0) is 0 Å². The Balaban J connectivity index is 2.03. The Bertz CT molecular complexity index is 423. The molecule has 106 valence electrons. The molecule has 5 heteroatoms. The van der Waals surface area contributed by atoms with Gasteiger partial charge in [0.05, 0.1) is 0 Å². The first kappa shape index (κ1) is 14.3. The number of hydrogen-bond donors (Lipinski definition) is 2. The second-order valence-corrected chi connectivity index (χ2v) is 5.50. The zero-order valence-electron chi connectivity index (χ0n) is 11.2. The number of pyridine rings is 1. The minimum atomic E-state index is -2.50. The maximum absolute atomic E-state index is 13.4. The second kappa shape index (κ2) is 5.92. The first-order valence-electron chi connectivity index (χ1n) is 6.77. The molecule has 19 heavy (non-hydrogen) atoms. The van der Waals surface area contributed by atoms with Crippen molar-refractivity contribution in [3.8, 4) is 0 Å². The van der Waals surface area contributed by atoms with Crippen molar-refractivity contribution >= 4 is 0 Å². The summed E-state index contributed by atoms with van der Waals surface area (Å²) in [6.07, 6.45) is 3.84. The van der Waals surface area contributed by atoms with Crippen molar-refractivity contribution < 1.29 is 8.78 Å². The highest BCUT2D eigenvalue weighted by atomic mass is 19.3. The van der Waals surface area contributed by atoms with Crippen molar-refractivity contribution in [2.75, 3.05) is 0 Å². The number of alkyl halides is 2. The van der Waals surface area contributed by atoms with Gasteiger partial charge in [0, 0.05) is 30.8 Å². The Hall–Kier alpha value is -1.07. The highest BCUT2D eigenvalue weighted by Gasteiger charge is 2.36. The largest absolute Gasteiger partial charge is 0.271 e. The molecule has 0 aliphatic heterocycles. The van der Waals surface area contributed by atoms with Crippen molar-refractivity contribution in [2.24, 2.45) is 11.8 Å². The SMILES string of the molecule is Cc1cc(C(CC2CCCC(F)(F)C2)NN)ccn1. The van der Waals surface area contributed by atoms with Crippen molar-refractivity contribution in [1.29, 1.82) is 0 Å². The quantitative estimate of drug-likeness (QED) is 0.652. The smallest absolute Gasteiger partial charge is 0.248 e. The van der Waals surface area contributed by atoms with E-state index in [-0.39, 0.29) is 24.8 Å². The van der Waals surface area contributed by atoms with Gasteiger partial charge in [0.1, 0.15) is 0 Å². The van der Waals surface area contributed by atoms with E-state index < -0.39 is 5.92 Å². The predicted molar refractivity (Wildman–Crippen MR) is 70.6 cm³/mol. The number of hydrazine groups is 1. The molecular weight excluding hydrogens is 248 g/mol. The molecule has 0 bridgehead atoms. The fraction of sp³-hybridized carbons (Fsp3) is 0.643. The van der Waals surface area contributed by atoms with Gasteiger partial charge in [0.25, 0.3) is 0 Å². The molecule has 0 amide bonds. The molecule has 1 aliphatic rings. The zero-order valence-corrected chi connectivity index (χ0v) is 11.2. The Labute approximate surface area is 112 Å². The fourth-order valence-corrected chi connectivity index (χ4v) is 2.89. The summed E-state index contributed by atoms with van der Waals surface area (Å²) in [5.74, 6) is 3.10. The summed E-state index contributed by atoms with van der Waals surface area (Å²) in [5, 5.41) is 0. The van der Waals surface area contributed by atoms with Gasteiger partial charge in [-0.1, -0.05) is 0 Å². The van der Waals surface area contributed by atoms with Crippen LogP contribution in [0.15, 0.2) is 18.3 Å². The van der Waals surface area contributed by atoms with Crippen molar-refractivity contribution in [3.63, 3.8) is 0 Å². The number of rotatable bonds is 4. The average molecular weight is 269 g/mol. The highest BCUT2D eigenvalue weighted by Crippen LogP contribution is 2.40. The number of nitrogens with zero attached hydrogens (tertiary/aromatic N) is 1. The molecule has 1 heterocycles. The predicted octanol–water partition coefficient (Wildman–Crippen LogP) is 3.11. The number of aromatic nitrogens is 1. The van der Waals surface area contributed by atoms with Crippen LogP contribution in [0.4, 0.5) is 8.78 Å². The molecule has 2 atom stereocenters. The first-order chi connectivity index (χ1) is 9.00. The molecule has 2 unspecified atom stereocenters. The lowest BCUT2D eigenvalue weighted by molar-refractivity contribution is -0.0548. The average Bonchev–Trinajstić information content (AvgIpc) is 2.35. The summed E-state index contributed by atoms with van der Waals surface area (Å²) in [5.41, 5.74) is 4.67. The minimum absolute atomic E-state index is 0.0186. The third-order valence-corrected chi connectivity index (χ3v) is 3.84. The zero-order chi connectivity index (χ0) is 13.9. The van der Waals surface area contributed by atoms with Gasteiger partial charge in [-0.25, -0.2) is 8.78 Å². The Morgan fingerprint density at radius 2 is 2.37 bits per heavy atom. The Morgan fingerprint density at radius 1 is 1.58 bits per heavy atom. The highest BCUT2D eigenvalue weighted by molar-refractivity contribution is 5.19. The van der Waals surface area contributed by atoms with Gasteiger partial charge in [0.2, 0.25) is 5.92 Å². The number of aryl methyl sites for hydroxylation is 1. The van der Waals surface area contributed by atoms with Crippen LogP contribution in [0.5, 0.6) is 0 Å². The summed E-state index contributed by atoms with van der Waals surface area (Å²) in [7, 11) is 0. The van der Waals surface area contributed by atoms with Gasteiger partial charge < -0.3 is 0 Å².